The standard InChI is InChI=1S/C26H28ClFN4O3/c1-17-3-8-20(26(29)10-11-26)22(13-17)35-19-6-4-18(5-7-19)32-24(33)23(27)21(14-31-32)30-15-25(28)9-2-12-34-16-25/h3-8,13-14,30H,2,9-12,15-16,29H2,1H3/t25-/m0/s1. The highest BCUT2D eigenvalue weighted by molar-refractivity contribution is 6.32. The van der Waals surface area contributed by atoms with Gasteiger partial charge in [-0.3, -0.25) is 4.79 Å². The third-order valence-electron chi connectivity index (χ3n) is 6.56. The Morgan fingerprint density at radius 2 is 2.00 bits per heavy atom. The van der Waals surface area contributed by atoms with E-state index in [1.807, 2.05) is 25.1 Å². The summed E-state index contributed by atoms with van der Waals surface area (Å²) in [7, 11) is 0. The van der Waals surface area contributed by atoms with E-state index in [-0.39, 0.29) is 23.7 Å². The lowest BCUT2D eigenvalue weighted by Gasteiger charge is -2.29. The first-order chi connectivity index (χ1) is 16.8. The molecule has 0 radical (unpaired) electrons. The van der Waals surface area contributed by atoms with Crippen LogP contribution in [0.2, 0.25) is 5.02 Å². The number of nitrogens with two attached hydrogens (primary N) is 1. The molecule has 184 valence electrons. The highest BCUT2D eigenvalue weighted by atomic mass is 35.5. The molecule has 1 aliphatic heterocycles. The van der Waals surface area contributed by atoms with Gasteiger partial charge in [-0.05, 0) is 68.5 Å². The Labute approximate surface area is 208 Å². The van der Waals surface area contributed by atoms with Crippen LogP contribution in [0, 0.1) is 6.92 Å². The third kappa shape index (κ3) is 5.05. The Bertz CT molecular complexity index is 1280. The van der Waals surface area contributed by atoms with Gasteiger partial charge >= 0.3 is 0 Å². The maximum Gasteiger partial charge on any atom is 0.292 e. The molecule has 5 rings (SSSR count). The predicted molar refractivity (Wildman–Crippen MR) is 134 cm³/mol. The number of hydrogen-bond acceptors (Lipinski definition) is 6. The van der Waals surface area contributed by atoms with Crippen LogP contribution in [0.4, 0.5) is 10.1 Å². The van der Waals surface area contributed by atoms with E-state index in [2.05, 4.69) is 10.4 Å². The van der Waals surface area contributed by atoms with Crippen molar-refractivity contribution < 1.29 is 13.9 Å². The molecule has 3 aromatic rings. The number of ether oxygens (including phenoxy) is 2. The van der Waals surface area contributed by atoms with Crippen molar-refractivity contribution in [3.8, 4) is 17.2 Å². The molecule has 0 spiro atoms. The predicted octanol–water partition coefficient (Wildman–Crippen LogP) is 4.87. The number of benzene rings is 2. The number of nitrogens with one attached hydrogen (secondary N) is 1. The van der Waals surface area contributed by atoms with Gasteiger partial charge < -0.3 is 20.5 Å². The molecular formula is C26H28ClFN4O3. The summed E-state index contributed by atoms with van der Waals surface area (Å²) >= 11 is 6.30. The van der Waals surface area contributed by atoms with E-state index in [1.54, 1.807) is 24.3 Å². The fourth-order valence-corrected chi connectivity index (χ4v) is 4.46. The van der Waals surface area contributed by atoms with Crippen molar-refractivity contribution in [3.05, 3.63) is 75.2 Å². The monoisotopic (exact) mass is 498 g/mol. The number of aromatic nitrogens is 2. The molecule has 0 amide bonds. The topological polar surface area (TPSA) is 91.4 Å². The van der Waals surface area contributed by atoms with Crippen LogP contribution < -0.4 is 21.3 Å². The van der Waals surface area contributed by atoms with Crippen molar-refractivity contribution in [1.29, 1.82) is 0 Å². The molecule has 9 heteroatoms. The summed E-state index contributed by atoms with van der Waals surface area (Å²) in [6, 6.07) is 13.0. The molecule has 2 fully saturated rings. The van der Waals surface area contributed by atoms with Gasteiger partial charge in [0.05, 0.1) is 30.7 Å². The van der Waals surface area contributed by atoms with Crippen molar-refractivity contribution in [1.82, 2.24) is 9.78 Å². The van der Waals surface area contributed by atoms with Crippen LogP contribution in [-0.4, -0.2) is 35.2 Å². The molecule has 2 heterocycles. The van der Waals surface area contributed by atoms with Gasteiger partial charge in [-0.2, -0.15) is 9.78 Å². The van der Waals surface area contributed by atoms with Gasteiger partial charge in [0.1, 0.15) is 16.5 Å². The van der Waals surface area contributed by atoms with E-state index >= 15 is 0 Å². The number of halogens is 2. The summed E-state index contributed by atoms with van der Waals surface area (Å²) in [6.07, 6.45) is 4.35. The molecule has 0 bridgehead atoms. The number of hydrogen-bond donors (Lipinski definition) is 2. The number of anilines is 1. The second kappa shape index (κ2) is 9.26. The average molecular weight is 499 g/mol. The summed E-state index contributed by atoms with van der Waals surface area (Å²) < 4.78 is 27.4. The van der Waals surface area contributed by atoms with Gasteiger partial charge in [0, 0.05) is 17.7 Å². The minimum atomic E-state index is -1.49. The van der Waals surface area contributed by atoms with Crippen LogP contribution in [0.15, 0.2) is 53.5 Å². The molecule has 1 saturated carbocycles. The van der Waals surface area contributed by atoms with Gasteiger partial charge in [-0.15, -0.1) is 0 Å². The zero-order valence-corrected chi connectivity index (χ0v) is 20.3. The molecule has 1 aromatic heterocycles. The molecular weight excluding hydrogens is 471 g/mol. The summed E-state index contributed by atoms with van der Waals surface area (Å²) in [5, 5.41) is 7.08. The second-order valence-electron chi connectivity index (χ2n) is 9.50. The van der Waals surface area contributed by atoms with Crippen LogP contribution in [0.1, 0.15) is 36.8 Å². The van der Waals surface area contributed by atoms with E-state index in [0.717, 1.165) is 29.7 Å². The quantitative estimate of drug-likeness (QED) is 0.483. The van der Waals surface area contributed by atoms with Gasteiger partial charge in [0.2, 0.25) is 0 Å². The van der Waals surface area contributed by atoms with Gasteiger partial charge in [-0.1, -0.05) is 23.7 Å². The normalized spacial score (nSPS) is 20.9. The molecule has 0 unspecified atom stereocenters. The van der Waals surface area contributed by atoms with Crippen LogP contribution in [0.3, 0.4) is 0 Å². The minimum Gasteiger partial charge on any atom is -0.457 e. The highest BCUT2D eigenvalue weighted by Crippen LogP contribution is 2.47. The summed E-state index contributed by atoms with van der Waals surface area (Å²) in [6.45, 7) is 2.59. The summed E-state index contributed by atoms with van der Waals surface area (Å²) in [4.78, 5) is 12.9. The van der Waals surface area contributed by atoms with E-state index in [9.17, 15) is 9.18 Å². The lowest BCUT2D eigenvalue weighted by atomic mass is 9.99. The maximum absolute atomic E-state index is 14.8. The Morgan fingerprint density at radius 3 is 2.69 bits per heavy atom. The van der Waals surface area contributed by atoms with Crippen molar-refractivity contribution in [2.75, 3.05) is 25.1 Å². The molecule has 3 N–H and O–H groups in total. The van der Waals surface area contributed by atoms with Crippen LogP contribution in [0.5, 0.6) is 11.5 Å². The van der Waals surface area contributed by atoms with Crippen molar-refractivity contribution in [3.63, 3.8) is 0 Å². The van der Waals surface area contributed by atoms with Gasteiger partial charge in [-0.25, -0.2) is 4.39 Å². The summed E-state index contributed by atoms with van der Waals surface area (Å²) in [5.74, 6) is 1.35. The Kier molecular flexibility index (Phi) is 6.29. The van der Waals surface area contributed by atoms with Gasteiger partial charge in [0.15, 0.2) is 5.67 Å². The van der Waals surface area contributed by atoms with E-state index < -0.39 is 11.2 Å². The molecule has 1 aliphatic carbocycles. The number of rotatable bonds is 7. The van der Waals surface area contributed by atoms with Crippen LogP contribution in [0.25, 0.3) is 5.69 Å². The first-order valence-corrected chi connectivity index (χ1v) is 12.1. The largest absolute Gasteiger partial charge is 0.457 e. The summed E-state index contributed by atoms with van der Waals surface area (Å²) in [5.41, 5.74) is 6.99. The lowest BCUT2D eigenvalue weighted by molar-refractivity contribution is -0.0234. The van der Waals surface area contributed by atoms with Gasteiger partial charge in [0.25, 0.3) is 5.56 Å². The SMILES string of the molecule is Cc1ccc(C2(N)CC2)c(Oc2ccc(-n3ncc(NC[C@@]4(F)CCCOC4)c(Cl)c3=O)cc2)c1. The average Bonchev–Trinajstić information content (AvgIpc) is 3.59. The molecule has 1 saturated heterocycles. The molecule has 1 atom stereocenters. The number of aryl methyl sites for hydroxylation is 1. The van der Waals surface area contributed by atoms with Crippen molar-refractivity contribution >= 4 is 17.3 Å². The molecule has 2 aromatic carbocycles. The fraction of sp³-hybridized carbons (Fsp3) is 0.385. The second-order valence-corrected chi connectivity index (χ2v) is 9.88. The lowest BCUT2D eigenvalue weighted by Crippen LogP contribution is -2.40. The Balaban J connectivity index is 1.32. The zero-order chi connectivity index (χ0) is 24.6. The number of alkyl halides is 1. The highest BCUT2D eigenvalue weighted by Gasteiger charge is 2.42. The van der Waals surface area contributed by atoms with Crippen LogP contribution in [-0.2, 0) is 10.3 Å². The van der Waals surface area contributed by atoms with Crippen molar-refractivity contribution in [2.45, 2.75) is 43.8 Å². The maximum atomic E-state index is 14.8. The Morgan fingerprint density at radius 1 is 1.23 bits per heavy atom. The first-order valence-electron chi connectivity index (χ1n) is 11.7. The van der Waals surface area contributed by atoms with Crippen molar-refractivity contribution in [2.24, 2.45) is 5.73 Å². The van der Waals surface area contributed by atoms with E-state index in [1.165, 1.54) is 10.9 Å². The minimum absolute atomic E-state index is 0.00504. The molecule has 2 aliphatic rings. The molecule has 7 nitrogen and oxygen atoms in total. The zero-order valence-electron chi connectivity index (χ0n) is 19.5. The van der Waals surface area contributed by atoms with Crippen LogP contribution >= 0.6 is 11.6 Å². The third-order valence-corrected chi connectivity index (χ3v) is 6.93. The Hall–Kier alpha value is -2.94. The smallest absolute Gasteiger partial charge is 0.292 e. The van der Waals surface area contributed by atoms with E-state index in [0.29, 0.717) is 36.6 Å². The molecule has 35 heavy (non-hydrogen) atoms. The number of nitrogens with zero attached hydrogens (tertiary/aromatic N) is 2. The fourth-order valence-electron chi connectivity index (χ4n) is 4.26. The van der Waals surface area contributed by atoms with E-state index in [4.69, 9.17) is 26.8 Å². The first kappa shape index (κ1) is 23.8.